The molecule has 6 heteroatoms. The standard InChI is InChI=1S/C8H9F3N2.ClH/c1-5-3-6(8(9,10)11)4-7(12-2)13-5;/h3-4H,1-2H3,(H,12,13);1H. The van der Waals surface area contributed by atoms with Crippen LogP contribution in [0.1, 0.15) is 11.3 Å². The molecule has 0 amide bonds. The molecular formula is C8H10ClF3N2. The Hall–Kier alpha value is -0.970. The number of halogens is 4. The lowest BCUT2D eigenvalue weighted by molar-refractivity contribution is -0.137. The molecule has 80 valence electrons. The summed E-state index contributed by atoms with van der Waals surface area (Å²) in [5, 5.41) is 2.57. The third-order valence-electron chi connectivity index (χ3n) is 1.54. The number of hydrogen-bond acceptors (Lipinski definition) is 2. The largest absolute Gasteiger partial charge is 0.416 e. The molecule has 0 atom stereocenters. The van der Waals surface area contributed by atoms with Crippen LogP contribution in [0.3, 0.4) is 0 Å². The van der Waals surface area contributed by atoms with E-state index in [-0.39, 0.29) is 18.2 Å². The monoisotopic (exact) mass is 226 g/mol. The zero-order valence-electron chi connectivity index (χ0n) is 7.64. The van der Waals surface area contributed by atoms with Gasteiger partial charge in [0.15, 0.2) is 0 Å². The van der Waals surface area contributed by atoms with Gasteiger partial charge in [0.1, 0.15) is 5.82 Å². The molecule has 0 saturated heterocycles. The number of nitrogens with one attached hydrogen (secondary N) is 1. The first kappa shape index (κ1) is 13.0. The molecule has 1 heterocycles. The van der Waals surface area contributed by atoms with E-state index in [0.717, 1.165) is 12.1 Å². The Balaban J connectivity index is 0.00000169. The summed E-state index contributed by atoms with van der Waals surface area (Å²) in [6, 6.07) is 1.99. The van der Waals surface area contributed by atoms with E-state index in [9.17, 15) is 13.2 Å². The second kappa shape index (κ2) is 4.50. The van der Waals surface area contributed by atoms with E-state index in [0.29, 0.717) is 5.69 Å². The minimum absolute atomic E-state index is 0. The number of hydrogen-bond donors (Lipinski definition) is 1. The Morgan fingerprint density at radius 3 is 2.29 bits per heavy atom. The van der Waals surface area contributed by atoms with Crippen LogP contribution in [0, 0.1) is 6.92 Å². The summed E-state index contributed by atoms with van der Waals surface area (Å²) in [5.74, 6) is 0.229. The van der Waals surface area contributed by atoms with Crippen LogP contribution in [-0.4, -0.2) is 12.0 Å². The molecule has 0 aliphatic heterocycles. The fraction of sp³-hybridized carbons (Fsp3) is 0.375. The fourth-order valence-electron chi connectivity index (χ4n) is 0.960. The van der Waals surface area contributed by atoms with Crippen molar-refractivity contribution in [3.63, 3.8) is 0 Å². The van der Waals surface area contributed by atoms with Gasteiger partial charge < -0.3 is 5.32 Å². The highest BCUT2D eigenvalue weighted by molar-refractivity contribution is 5.85. The molecule has 0 saturated carbocycles. The van der Waals surface area contributed by atoms with Gasteiger partial charge in [0, 0.05) is 12.7 Å². The van der Waals surface area contributed by atoms with E-state index >= 15 is 0 Å². The van der Waals surface area contributed by atoms with E-state index in [1.807, 2.05) is 0 Å². The maximum Gasteiger partial charge on any atom is 0.416 e. The van der Waals surface area contributed by atoms with Crippen molar-refractivity contribution in [3.8, 4) is 0 Å². The molecule has 1 aromatic heterocycles. The van der Waals surface area contributed by atoms with E-state index in [4.69, 9.17) is 0 Å². The molecule has 0 aliphatic carbocycles. The van der Waals surface area contributed by atoms with Gasteiger partial charge in [-0.25, -0.2) is 4.98 Å². The third kappa shape index (κ3) is 3.06. The number of nitrogens with zero attached hydrogens (tertiary/aromatic N) is 1. The van der Waals surface area contributed by atoms with Crippen molar-refractivity contribution in [1.82, 2.24) is 4.98 Å². The van der Waals surface area contributed by atoms with E-state index in [1.54, 1.807) is 0 Å². The summed E-state index contributed by atoms with van der Waals surface area (Å²) in [7, 11) is 1.53. The first-order valence-electron chi connectivity index (χ1n) is 3.67. The van der Waals surface area contributed by atoms with Crippen molar-refractivity contribution < 1.29 is 13.2 Å². The molecule has 0 spiro atoms. The number of anilines is 1. The maximum absolute atomic E-state index is 12.2. The van der Waals surface area contributed by atoms with Crippen molar-refractivity contribution in [3.05, 3.63) is 23.4 Å². The molecule has 0 unspecified atom stereocenters. The molecular weight excluding hydrogens is 217 g/mol. The summed E-state index contributed by atoms with van der Waals surface area (Å²) in [4.78, 5) is 3.85. The minimum atomic E-state index is -4.31. The zero-order chi connectivity index (χ0) is 10.1. The van der Waals surface area contributed by atoms with Gasteiger partial charge in [-0.1, -0.05) is 0 Å². The zero-order valence-corrected chi connectivity index (χ0v) is 8.46. The number of pyridine rings is 1. The van der Waals surface area contributed by atoms with E-state index in [2.05, 4.69) is 10.3 Å². The Kier molecular flexibility index (Phi) is 4.19. The van der Waals surface area contributed by atoms with Crippen LogP contribution in [0.4, 0.5) is 19.0 Å². The van der Waals surface area contributed by atoms with Crippen molar-refractivity contribution in [1.29, 1.82) is 0 Å². The first-order valence-corrected chi connectivity index (χ1v) is 3.67. The molecule has 0 aromatic carbocycles. The van der Waals surface area contributed by atoms with Crippen LogP contribution < -0.4 is 5.32 Å². The number of aromatic nitrogens is 1. The van der Waals surface area contributed by atoms with Crippen molar-refractivity contribution in [2.45, 2.75) is 13.1 Å². The topological polar surface area (TPSA) is 24.9 Å². The summed E-state index contributed by atoms with van der Waals surface area (Å²) >= 11 is 0. The predicted octanol–water partition coefficient (Wildman–Crippen LogP) is 2.87. The van der Waals surface area contributed by atoms with Crippen LogP contribution in [0.5, 0.6) is 0 Å². The lowest BCUT2D eigenvalue weighted by atomic mass is 10.2. The van der Waals surface area contributed by atoms with Gasteiger partial charge in [-0.2, -0.15) is 13.2 Å². The summed E-state index contributed by atoms with van der Waals surface area (Å²) < 4.78 is 36.7. The van der Waals surface area contributed by atoms with E-state index in [1.165, 1.54) is 14.0 Å². The normalized spacial score (nSPS) is 10.6. The van der Waals surface area contributed by atoms with Crippen LogP contribution in [0.25, 0.3) is 0 Å². The molecule has 0 aliphatic rings. The van der Waals surface area contributed by atoms with Gasteiger partial charge in [0.25, 0.3) is 0 Å². The van der Waals surface area contributed by atoms with E-state index < -0.39 is 11.7 Å². The molecule has 0 fully saturated rings. The third-order valence-corrected chi connectivity index (χ3v) is 1.54. The maximum atomic E-state index is 12.2. The molecule has 1 N–H and O–H groups in total. The van der Waals surface area contributed by atoms with Crippen LogP contribution in [0.15, 0.2) is 12.1 Å². The van der Waals surface area contributed by atoms with Crippen molar-refractivity contribution in [2.24, 2.45) is 0 Å². The van der Waals surface area contributed by atoms with Crippen LogP contribution in [-0.2, 0) is 6.18 Å². The molecule has 0 bridgehead atoms. The van der Waals surface area contributed by atoms with Crippen LogP contribution in [0.2, 0.25) is 0 Å². The predicted molar refractivity (Wildman–Crippen MR) is 50.8 cm³/mol. The van der Waals surface area contributed by atoms with Crippen molar-refractivity contribution >= 4 is 18.2 Å². The second-order valence-corrected chi connectivity index (χ2v) is 2.63. The lowest BCUT2D eigenvalue weighted by Gasteiger charge is -2.09. The highest BCUT2D eigenvalue weighted by Gasteiger charge is 2.31. The van der Waals surface area contributed by atoms with Gasteiger partial charge >= 0.3 is 6.18 Å². The summed E-state index contributed by atoms with van der Waals surface area (Å²) in [5.41, 5.74) is -0.330. The average molecular weight is 227 g/mol. The molecule has 14 heavy (non-hydrogen) atoms. The first-order chi connectivity index (χ1) is 5.93. The van der Waals surface area contributed by atoms with Crippen LogP contribution >= 0.6 is 12.4 Å². The molecule has 1 rings (SSSR count). The SMILES string of the molecule is CNc1cc(C(F)(F)F)cc(C)n1.Cl. The number of alkyl halides is 3. The van der Waals surface area contributed by atoms with Gasteiger partial charge in [0.05, 0.1) is 5.56 Å². The summed E-state index contributed by atoms with van der Waals surface area (Å²) in [6.07, 6.45) is -4.31. The Morgan fingerprint density at radius 1 is 1.29 bits per heavy atom. The minimum Gasteiger partial charge on any atom is -0.373 e. The Labute approximate surface area is 85.9 Å². The quantitative estimate of drug-likeness (QED) is 0.797. The molecule has 2 nitrogen and oxygen atoms in total. The average Bonchev–Trinajstić information content (AvgIpc) is 2.01. The second-order valence-electron chi connectivity index (χ2n) is 2.63. The highest BCUT2D eigenvalue weighted by Crippen LogP contribution is 2.30. The van der Waals surface area contributed by atoms with Gasteiger partial charge in [-0.05, 0) is 19.1 Å². The lowest BCUT2D eigenvalue weighted by Crippen LogP contribution is -2.07. The molecule has 0 radical (unpaired) electrons. The Morgan fingerprint density at radius 2 is 1.86 bits per heavy atom. The van der Waals surface area contributed by atoms with Gasteiger partial charge in [-0.3, -0.25) is 0 Å². The smallest absolute Gasteiger partial charge is 0.373 e. The number of rotatable bonds is 1. The number of aryl methyl sites for hydroxylation is 1. The van der Waals surface area contributed by atoms with Crippen molar-refractivity contribution in [2.75, 3.05) is 12.4 Å². The fourth-order valence-corrected chi connectivity index (χ4v) is 0.960. The van der Waals surface area contributed by atoms with Gasteiger partial charge in [-0.15, -0.1) is 12.4 Å². The molecule has 1 aromatic rings. The Bertz CT molecular complexity index is 312. The van der Waals surface area contributed by atoms with Gasteiger partial charge in [0.2, 0.25) is 0 Å². The summed E-state index contributed by atoms with van der Waals surface area (Å²) in [6.45, 7) is 1.52. The highest BCUT2D eigenvalue weighted by atomic mass is 35.5.